The van der Waals surface area contributed by atoms with Crippen molar-refractivity contribution in [3.63, 3.8) is 0 Å². The molecule has 1 heterocycles. The summed E-state index contributed by atoms with van der Waals surface area (Å²) in [5.41, 5.74) is 1.95. The molecular formula is C21H20N4O4S2. The molecule has 0 unspecified atom stereocenters. The van der Waals surface area contributed by atoms with Crippen LogP contribution in [0.3, 0.4) is 0 Å². The fourth-order valence-electron chi connectivity index (χ4n) is 3.04. The molecule has 3 rings (SSSR count). The Morgan fingerprint density at radius 3 is 2.42 bits per heavy atom. The van der Waals surface area contributed by atoms with Crippen molar-refractivity contribution in [3.05, 3.63) is 76.3 Å². The monoisotopic (exact) mass is 456 g/mol. The number of benzene rings is 2. The number of carbonyl (C=O) groups is 1. The van der Waals surface area contributed by atoms with Crippen LogP contribution in [0.15, 0.2) is 54.6 Å². The predicted octanol–water partition coefficient (Wildman–Crippen LogP) is 2.88. The summed E-state index contributed by atoms with van der Waals surface area (Å²) in [6.45, 7) is 1.43. The minimum absolute atomic E-state index is 0.00572. The maximum atomic E-state index is 12.4. The maximum absolute atomic E-state index is 12.4. The van der Waals surface area contributed by atoms with Gasteiger partial charge in [0.2, 0.25) is 10.0 Å². The molecule has 31 heavy (non-hydrogen) atoms. The highest BCUT2D eigenvalue weighted by Crippen LogP contribution is 2.38. The van der Waals surface area contributed by atoms with E-state index in [0.29, 0.717) is 21.3 Å². The lowest BCUT2D eigenvalue weighted by atomic mass is 10.1. The number of aliphatic hydroxyl groups is 1. The number of nitrogens with zero attached hydrogens (tertiary/aromatic N) is 3. The molecule has 0 aliphatic carbocycles. The van der Waals surface area contributed by atoms with Crippen LogP contribution < -0.4 is 9.62 Å². The highest BCUT2D eigenvalue weighted by atomic mass is 32.2. The summed E-state index contributed by atoms with van der Waals surface area (Å²) in [6.07, 6.45) is 0.897. The highest BCUT2D eigenvalue weighted by Gasteiger charge is 2.27. The number of carbonyl (C=O) groups excluding carboxylic acids is 1. The van der Waals surface area contributed by atoms with Crippen LogP contribution in [0.25, 0.3) is 0 Å². The van der Waals surface area contributed by atoms with Gasteiger partial charge in [-0.25, -0.2) is 18.1 Å². The van der Waals surface area contributed by atoms with E-state index < -0.39 is 22.0 Å². The Balaban J connectivity index is 2.11. The lowest BCUT2D eigenvalue weighted by Gasteiger charge is -2.30. The van der Waals surface area contributed by atoms with Gasteiger partial charge in [0.1, 0.15) is 5.69 Å². The van der Waals surface area contributed by atoms with Gasteiger partial charge in [0.25, 0.3) is 5.91 Å². The van der Waals surface area contributed by atoms with Gasteiger partial charge in [-0.05, 0) is 36.8 Å². The van der Waals surface area contributed by atoms with Crippen LogP contribution >= 0.6 is 11.3 Å². The quantitative estimate of drug-likeness (QED) is 0.560. The zero-order valence-corrected chi connectivity index (χ0v) is 18.4. The van der Waals surface area contributed by atoms with Crippen molar-refractivity contribution < 1.29 is 18.3 Å². The summed E-state index contributed by atoms with van der Waals surface area (Å²) < 4.78 is 24.9. The highest BCUT2D eigenvalue weighted by molar-refractivity contribution is 7.89. The van der Waals surface area contributed by atoms with Crippen LogP contribution in [0.2, 0.25) is 0 Å². The summed E-state index contributed by atoms with van der Waals surface area (Å²) in [7, 11) is -3.74. The van der Waals surface area contributed by atoms with Gasteiger partial charge in [-0.2, -0.15) is 5.26 Å². The van der Waals surface area contributed by atoms with Crippen LogP contribution in [0.1, 0.15) is 32.5 Å². The molecule has 2 N–H and O–H groups in total. The third-order valence-electron chi connectivity index (χ3n) is 4.43. The maximum Gasteiger partial charge on any atom is 0.284 e. The molecule has 3 aromatic rings. The number of thiazole rings is 1. The van der Waals surface area contributed by atoms with Crippen LogP contribution in [-0.4, -0.2) is 37.3 Å². The largest absolute Gasteiger partial charge is 0.394 e. The molecule has 0 aliphatic heterocycles. The summed E-state index contributed by atoms with van der Waals surface area (Å²) in [6, 6.07) is 17.6. The Labute approximate surface area is 184 Å². The lowest BCUT2D eigenvalue weighted by Crippen LogP contribution is -2.30. The molecule has 0 spiro atoms. The van der Waals surface area contributed by atoms with E-state index in [2.05, 4.69) is 11.1 Å². The second-order valence-electron chi connectivity index (χ2n) is 6.74. The first kappa shape index (κ1) is 22.4. The number of rotatable bonds is 7. The first-order valence-corrected chi connectivity index (χ1v) is 11.9. The predicted molar refractivity (Wildman–Crippen MR) is 119 cm³/mol. The van der Waals surface area contributed by atoms with Gasteiger partial charge < -0.3 is 10.0 Å². The first-order valence-electron chi connectivity index (χ1n) is 9.18. The van der Waals surface area contributed by atoms with Crippen LogP contribution in [0, 0.1) is 18.3 Å². The fourth-order valence-corrected chi connectivity index (χ4v) is 4.45. The number of anilines is 2. The molecule has 1 atom stereocenters. The van der Waals surface area contributed by atoms with Crippen molar-refractivity contribution in [2.45, 2.75) is 13.0 Å². The number of amides is 1. The fraction of sp³-hybridized carbons (Fsp3) is 0.190. The molecule has 0 fully saturated rings. The number of nitrogens with one attached hydrogen (secondary N) is 1. The number of aliphatic hydroxyl groups excluding tert-OH is 1. The number of nitriles is 1. The molecule has 0 saturated carbocycles. The molecule has 0 bridgehead atoms. The smallest absolute Gasteiger partial charge is 0.284 e. The SMILES string of the molecule is Cc1sc(N(c2ccc(C#N)cc2)[C@@H](CO)c2ccccc2)nc1C(=O)NS(C)(=O)=O. The van der Waals surface area contributed by atoms with Crippen molar-refractivity contribution in [1.29, 1.82) is 5.26 Å². The van der Waals surface area contributed by atoms with E-state index in [1.54, 1.807) is 36.1 Å². The Kier molecular flexibility index (Phi) is 6.70. The van der Waals surface area contributed by atoms with E-state index in [1.807, 2.05) is 35.1 Å². The number of aryl methyl sites for hydroxylation is 1. The van der Waals surface area contributed by atoms with Gasteiger partial charge in [-0.3, -0.25) is 4.79 Å². The van der Waals surface area contributed by atoms with Gasteiger partial charge in [-0.15, -0.1) is 11.3 Å². The Bertz CT molecular complexity index is 1220. The van der Waals surface area contributed by atoms with Gasteiger partial charge >= 0.3 is 0 Å². The number of sulfonamides is 1. The van der Waals surface area contributed by atoms with E-state index in [4.69, 9.17) is 5.26 Å². The zero-order valence-electron chi connectivity index (χ0n) is 16.8. The van der Waals surface area contributed by atoms with Crippen LogP contribution in [0.5, 0.6) is 0 Å². The topological polar surface area (TPSA) is 123 Å². The first-order chi connectivity index (χ1) is 14.7. The van der Waals surface area contributed by atoms with E-state index in [-0.39, 0.29) is 12.3 Å². The molecular weight excluding hydrogens is 436 g/mol. The van der Waals surface area contributed by atoms with Crippen LogP contribution in [0.4, 0.5) is 10.8 Å². The van der Waals surface area contributed by atoms with Crippen molar-refractivity contribution in [3.8, 4) is 6.07 Å². The van der Waals surface area contributed by atoms with Crippen molar-refractivity contribution in [1.82, 2.24) is 9.71 Å². The standard InChI is InChI=1S/C21H20N4O4S2/c1-14-19(20(27)24-31(2,28)29)23-21(30-14)25(17-10-8-15(12-22)9-11-17)18(13-26)16-6-4-3-5-7-16/h3-11,18,26H,13H2,1-2H3,(H,24,27)/t18-/m0/s1. The Morgan fingerprint density at radius 1 is 1.23 bits per heavy atom. The summed E-state index contributed by atoms with van der Waals surface area (Å²) in [5.74, 6) is -0.817. The average molecular weight is 457 g/mol. The normalized spacial score (nSPS) is 12.1. The Morgan fingerprint density at radius 2 is 1.87 bits per heavy atom. The summed E-state index contributed by atoms with van der Waals surface area (Å²) in [5, 5.41) is 19.7. The third kappa shape index (κ3) is 5.27. The molecule has 1 amide bonds. The molecule has 160 valence electrons. The molecule has 8 nitrogen and oxygen atoms in total. The van der Waals surface area contributed by atoms with Gasteiger partial charge in [0, 0.05) is 10.6 Å². The molecule has 2 aromatic carbocycles. The number of hydrogen-bond acceptors (Lipinski definition) is 8. The minimum atomic E-state index is -3.74. The van der Waals surface area contributed by atoms with Gasteiger partial charge in [0.15, 0.2) is 5.13 Å². The molecule has 1 aromatic heterocycles. The number of hydrogen-bond donors (Lipinski definition) is 2. The van der Waals surface area contributed by atoms with Gasteiger partial charge in [0.05, 0.1) is 30.5 Å². The van der Waals surface area contributed by atoms with E-state index in [9.17, 15) is 18.3 Å². The second kappa shape index (κ2) is 9.26. The third-order valence-corrected chi connectivity index (χ3v) is 5.95. The zero-order chi connectivity index (χ0) is 22.6. The van der Waals surface area contributed by atoms with E-state index in [1.165, 1.54) is 11.3 Å². The average Bonchev–Trinajstić information content (AvgIpc) is 3.12. The van der Waals surface area contributed by atoms with Crippen molar-refractivity contribution in [2.75, 3.05) is 17.8 Å². The number of aromatic nitrogens is 1. The van der Waals surface area contributed by atoms with Crippen molar-refractivity contribution >= 4 is 38.1 Å². The summed E-state index contributed by atoms with van der Waals surface area (Å²) in [4.78, 5) is 19.1. The molecule has 0 aliphatic rings. The molecule has 0 radical (unpaired) electrons. The lowest BCUT2D eigenvalue weighted by molar-refractivity contribution is 0.0977. The van der Waals surface area contributed by atoms with Crippen molar-refractivity contribution in [2.24, 2.45) is 0 Å². The Hall–Kier alpha value is -3.26. The molecule has 0 saturated heterocycles. The minimum Gasteiger partial charge on any atom is -0.394 e. The van der Waals surface area contributed by atoms with Gasteiger partial charge in [-0.1, -0.05) is 30.3 Å². The van der Waals surface area contributed by atoms with E-state index >= 15 is 0 Å². The van der Waals surface area contributed by atoms with Crippen LogP contribution in [-0.2, 0) is 10.0 Å². The summed E-state index contributed by atoms with van der Waals surface area (Å²) >= 11 is 1.20. The van der Waals surface area contributed by atoms with E-state index in [0.717, 1.165) is 11.8 Å². The second-order valence-corrected chi connectivity index (χ2v) is 9.67. The molecule has 10 heteroatoms.